The molecule has 1 aliphatic rings. The van der Waals surface area contributed by atoms with Gasteiger partial charge < -0.3 is 19.5 Å². The average Bonchev–Trinajstić information content (AvgIpc) is 3.19. The van der Waals surface area contributed by atoms with Crippen LogP contribution >= 0.6 is 0 Å². The Morgan fingerprint density at radius 2 is 1.65 bits per heavy atom. The minimum Gasteiger partial charge on any atom is -0.497 e. The number of methoxy groups -OCH3 is 1. The number of H-pyrrole nitrogens is 1. The molecule has 6 heteroatoms. The summed E-state index contributed by atoms with van der Waals surface area (Å²) < 4.78 is 5.14. The van der Waals surface area contributed by atoms with Gasteiger partial charge in [0.05, 0.1) is 13.5 Å². The lowest BCUT2D eigenvalue weighted by Gasteiger charge is -2.35. The van der Waals surface area contributed by atoms with Gasteiger partial charge in [-0.1, -0.05) is 12.1 Å². The summed E-state index contributed by atoms with van der Waals surface area (Å²) in [7, 11) is 1.64. The quantitative estimate of drug-likeness (QED) is 0.860. The Morgan fingerprint density at radius 1 is 1.00 bits per heavy atom. The van der Waals surface area contributed by atoms with Crippen molar-refractivity contribution in [2.75, 3.05) is 33.3 Å². The van der Waals surface area contributed by atoms with Crippen LogP contribution in [-0.4, -0.2) is 59.9 Å². The van der Waals surface area contributed by atoms with Crippen molar-refractivity contribution in [1.82, 2.24) is 14.8 Å². The minimum absolute atomic E-state index is 0.109. The largest absolute Gasteiger partial charge is 0.497 e. The van der Waals surface area contributed by atoms with Gasteiger partial charge in [-0.05, 0) is 36.2 Å². The molecule has 2 aromatic rings. The maximum Gasteiger partial charge on any atom is 0.228 e. The summed E-state index contributed by atoms with van der Waals surface area (Å²) in [5.74, 6) is 1.08. The lowest BCUT2D eigenvalue weighted by molar-refractivity contribution is -0.139. The number of benzene rings is 1. The third-order valence-corrected chi connectivity index (χ3v) is 4.78. The molecule has 0 atom stereocenters. The van der Waals surface area contributed by atoms with E-state index in [9.17, 15) is 9.59 Å². The molecule has 1 aromatic heterocycles. The van der Waals surface area contributed by atoms with Gasteiger partial charge in [-0.15, -0.1) is 0 Å². The van der Waals surface area contributed by atoms with Gasteiger partial charge in [-0.3, -0.25) is 9.59 Å². The van der Waals surface area contributed by atoms with E-state index >= 15 is 0 Å². The summed E-state index contributed by atoms with van der Waals surface area (Å²) in [5, 5.41) is 0. The van der Waals surface area contributed by atoms with Gasteiger partial charge in [0.25, 0.3) is 0 Å². The Labute approximate surface area is 153 Å². The van der Waals surface area contributed by atoms with Crippen LogP contribution in [0.15, 0.2) is 42.6 Å². The zero-order valence-corrected chi connectivity index (χ0v) is 15.1. The monoisotopic (exact) mass is 355 g/mol. The maximum absolute atomic E-state index is 12.4. The molecule has 1 N–H and O–H groups in total. The van der Waals surface area contributed by atoms with E-state index < -0.39 is 0 Å². The predicted molar refractivity (Wildman–Crippen MR) is 99.0 cm³/mol. The molecule has 1 aromatic carbocycles. The van der Waals surface area contributed by atoms with Crippen LogP contribution < -0.4 is 4.74 Å². The number of rotatable bonds is 6. The van der Waals surface area contributed by atoms with Crippen LogP contribution in [-0.2, 0) is 22.4 Å². The number of nitrogens with one attached hydrogen (secondary N) is 1. The van der Waals surface area contributed by atoms with E-state index in [1.807, 2.05) is 52.4 Å². The normalized spacial score (nSPS) is 14.3. The molecule has 0 bridgehead atoms. The predicted octanol–water partition coefficient (Wildman–Crippen LogP) is 1.87. The number of aromatic amines is 1. The van der Waals surface area contributed by atoms with Gasteiger partial charge in [0.15, 0.2) is 0 Å². The SMILES string of the molecule is COc1ccc(CCC(=O)N2CCN(C(=O)Cc3ccc[nH]3)CC2)cc1. The van der Waals surface area contributed by atoms with Crippen molar-refractivity contribution in [3.8, 4) is 5.75 Å². The van der Waals surface area contributed by atoms with Gasteiger partial charge in [0, 0.05) is 44.5 Å². The Balaban J connectivity index is 1.42. The zero-order valence-electron chi connectivity index (χ0n) is 15.1. The summed E-state index contributed by atoms with van der Waals surface area (Å²) >= 11 is 0. The number of piperazine rings is 1. The van der Waals surface area contributed by atoms with Crippen molar-refractivity contribution in [2.45, 2.75) is 19.3 Å². The van der Waals surface area contributed by atoms with E-state index in [1.54, 1.807) is 7.11 Å². The number of amides is 2. The lowest BCUT2D eigenvalue weighted by atomic mass is 10.1. The molecule has 0 aliphatic carbocycles. The first kappa shape index (κ1) is 18.0. The third kappa shape index (κ3) is 4.65. The minimum atomic E-state index is 0.109. The molecule has 26 heavy (non-hydrogen) atoms. The lowest BCUT2D eigenvalue weighted by Crippen LogP contribution is -2.51. The highest BCUT2D eigenvalue weighted by molar-refractivity contribution is 5.79. The highest BCUT2D eigenvalue weighted by atomic mass is 16.5. The first-order valence-corrected chi connectivity index (χ1v) is 8.96. The molecule has 1 saturated heterocycles. The van der Waals surface area contributed by atoms with Crippen LogP contribution in [0.2, 0.25) is 0 Å². The molecule has 0 unspecified atom stereocenters. The number of aromatic nitrogens is 1. The number of hydrogen-bond acceptors (Lipinski definition) is 3. The van der Waals surface area contributed by atoms with Crippen molar-refractivity contribution >= 4 is 11.8 Å². The number of ether oxygens (including phenoxy) is 1. The smallest absolute Gasteiger partial charge is 0.228 e. The van der Waals surface area contributed by atoms with Crippen LogP contribution in [0.4, 0.5) is 0 Å². The molecule has 3 rings (SSSR count). The fourth-order valence-corrected chi connectivity index (χ4v) is 3.16. The van der Waals surface area contributed by atoms with E-state index in [-0.39, 0.29) is 11.8 Å². The topological polar surface area (TPSA) is 65.6 Å². The highest BCUT2D eigenvalue weighted by Gasteiger charge is 2.24. The zero-order chi connectivity index (χ0) is 18.4. The molecule has 0 spiro atoms. The second-order valence-corrected chi connectivity index (χ2v) is 6.48. The van der Waals surface area contributed by atoms with Crippen molar-refractivity contribution < 1.29 is 14.3 Å². The van der Waals surface area contributed by atoms with Gasteiger partial charge in [-0.25, -0.2) is 0 Å². The van der Waals surface area contributed by atoms with E-state index in [4.69, 9.17) is 4.74 Å². The second-order valence-electron chi connectivity index (χ2n) is 6.48. The first-order chi connectivity index (χ1) is 12.7. The fourth-order valence-electron chi connectivity index (χ4n) is 3.16. The van der Waals surface area contributed by atoms with E-state index in [1.165, 1.54) is 0 Å². The Morgan fingerprint density at radius 3 is 2.23 bits per heavy atom. The number of carbonyl (C=O) groups excluding carboxylic acids is 2. The molecule has 0 radical (unpaired) electrons. The van der Waals surface area contributed by atoms with Gasteiger partial charge in [0.2, 0.25) is 11.8 Å². The summed E-state index contributed by atoms with van der Waals surface area (Å²) in [6.07, 6.45) is 3.41. The van der Waals surface area contributed by atoms with Crippen LogP contribution in [0, 0.1) is 0 Å². The maximum atomic E-state index is 12.4. The second kappa shape index (κ2) is 8.56. The first-order valence-electron chi connectivity index (χ1n) is 8.96. The fraction of sp³-hybridized carbons (Fsp3) is 0.400. The van der Waals surface area contributed by atoms with Crippen LogP contribution in [0.1, 0.15) is 17.7 Å². The summed E-state index contributed by atoms with van der Waals surface area (Å²) in [6.45, 7) is 2.43. The summed E-state index contributed by atoms with van der Waals surface area (Å²) in [5.41, 5.74) is 2.05. The highest BCUT2D eigenvalue weighted by Crippen LogP contribution is 2.14. The molecule has 138 valence electrons. The van der Waals surface area contributed by atoms with Gasteiger partial charge in [0.1, 0.15) is 5.75 Å². The molecule has 2 amide bonds. The number of nitrogens with zero attached hydrogens (tertiary/aromatic N) is 2. The van der Waals surface area contributed by atoms with Crippen molar-refractivity contribution in [1.29, 1.82) is 0 Å². The molecule has 0 saturated carbocycles. The molecule has 1 fully saturated rings. The molecule has 1 aliphatic heterocycles. The van der Waals surface area contributed by atoms with Crippen molar-refractivity contribution in [2.24, 2.45) is 0 Å². The van der Waals surface area contributed by atoms with E-state index in [0.29, 0.717) is 39.0 Å². The van der Waals surface area contributed by atoms with Crippen molar-refractivity contribution in [3.63, 3.8) is 0 Å². The molecular formula is C20H25N3O3. The van der Waals surface area contributed by atoms with Gasteiger partial charge >= 0.3 is 0 Å². The van der Waals surface area contributed by atoms with E-state index in [0.717, 1.165) is 23.4 Å². The molecule has 2 heterocycles. The Hall–Kier alpha value is -2.76. The Kier molecular flexibility index (Phi) is 5.94. The Bertz CT molecular complexity index is 717. The van der Waals surface area contributed by atoms with E-state index in [2.05, 4.69) is 4.98 Å². The summed E-state index contributed by atoms with van der Waals surface area (Å²) in [6, 6.07) is 11.6. The van der Waals surface area contributed by atoms with Gasteiger partial charge in [-0.2, -0.15) is 0 Å². The summed E-state index contributed by atoms with van der Waals surface area (Å²) in [4.78, 5) is 31.5. The average molecular weight is 355 g/mol. The number of aryl methyl sites for hydroxylation is 1. The van der Waals surface area contributed by atoms with Crippen molar-refractivity contribution in [3.05, 3.63) is 53.9 Å². The standard InChI is InChI=1S/C20H25N3O3/c1-26-18-7-4-16(5-8-18)6-9-19(24)22-11-13-23(14-12-22)20(25)15-17-3-2-10-21-17/h2-5,7-8,10,21H,6,9,11-15H2,1H3. The third-order valence-electron chi connectivity index (χ3n) is 4.78. The molecule has 6 nitrogen and oxygen atoms in total. The van der Waals surface area contributed by atoms with Crippen LogP contribution in [0.3, 0.4) is 0 Å². The van der Waals surface area contributed by atoms with Crippen LogP contribution in [0.5, 0.6) is 5.75 Å². The van der Waals surface area contributed by atoms with Crippen LogP contribution in [0.25, 0.3) is 0 Å². The number of hydrogen-bond donors (Lipinski definition) is 1. The molecular weight excluding hydrogens is 330 g/mol. The number of carbonyl (C=O) groups is 2.